The van der Waals surface area contributed by atoms with Crippen LogP contribution in [0.5, 0.6) is 0 Å². The van der Waals surface area contributed by atoms with Gasteiger partial charge in [0.05, 0.1) is 11.4 Å². The van der Waals surface area contributed by atoms with Crippen molar-refractivity contribution in [1.82, 2.24) is 4.90 Å². The van der Waals surface area contributed by atoms with Gasteiger partial charge in [-0.15, -0.1) is 0 Å². The van der Waals surface area contributed by atoms with Crippen molar-refractivity contribution in [3.63, 3.8) is 0 Å². The number of rotatable bonds is 2. The zero-order chi connectivity index (χ0) is 15.2. The highest BCUT2D eigenvalue weighted by Crippen LogP contribution is 2.49. The Kier molecular flexibility index (Phi) is 3.43. The molecular formula is C19H22N2S. The summed E-state index contributed by atoms with van der Waals surface area (Å²) in [5.74, 6) is 0. The van der Waals surface area contributed by atoms with E-state index in [0.717, 1.165) is 6.54 Å². The molecule has 0 saturated carbocycles. The molecule has 0 unspecified atom stereocenters. The molecule has 0 aromatic heterocycles. The van der Waals surface area contributed by atoms with E-state index in [1.54, 1.807) is 0 Å². The van der Waals surface area contributed by atoms with Gasteiger partial charge in [-0.3, -0.25) is 0 Å². The Morgan fingerprint density at radius 3 is 2.14 bits per heavy atom. The van der Waals surface area contributed by atoms with Gasteiger partial charge < -0.3 is 9.80 Å². The van der Waals surface area contributed by atoms with Gasteiger partial charge in [0.2, 0.25) is 0 Å². The normalized spacial score (nSPS) is 24.2. The first-order chi connectivity index (χ1) is 10.6. The summed E-state index contributed by atoms with van der Waals surface area (Å²) in [6, 6.07) is 17.6. The number of para-hydroxylation sites is 2. The molecule has 0 amide bonds. The predicted octanol–water partition coefficient (Wildman–Crippen LogP) is 4.63. The van der Waals surface area contributed by atoms with Crippen LogP contribution in [0.15, 0.2) is 58.3 Å². The molecule has 2 aromatic rings. The van der Waals surface area contributed by atoms with Crippen LogP contribution in [0.1, 0.15) is 13.3 Å². The Bertz CT molecular complexity index is 654. The third-order valence-electron chi connectivity index (χ3n) is 4.82. The highest BCUT2D eigenvalue weighted by molar-refractivity contribution is 7.99. The topological polar surface area (TPSA) is 6.48 Å². The van der Waals surface area contributed by atoms with E-state index in [1.165, 1.54) is 40.7 Å². The predicted molar refractivity (Wildman–Crippen MR) is 94.2 cm³/mol. The molecule has 0 N–H and O–H groups in total. The number of benzene rings is 2. The quantitative estimate of drug-likeness (QED) is 0.798. The molecule has 3 heteroatoms. The molecule has 0 spiro atoms. The van der Waals surface area contributed by atoms with Gasteiger partial charge in [-0.2, -0.15) is 0 Å². The molecule has 114 valence electrons. The lowest BCUT2D eigenvalue weighted by molar-refractivity contribution is 0.316. The SMILES string of the molecule is CN1CC[C@](C)(CN2c3ccccc3Sc3ccccc32)C1. The number of hydrogen-bond donors (Lipinski definition) is 0. The van der Waals surface area contributed by atoms with Crippen LogP contribution in [0.25, 0.3) is 0 Å². The summed E-state index contributed by atoms with van der Waals surface area (Å²) in [6.07, 6.45) is 1.28. The second kappa shape index (κ2) is 5.32. The molecule has 22 heavy (non-hydrogen) atoms. The van der Waals surface area contributed by atoms with Crippen LogP contribution in [0.4, 0.5) is 11.4 Å². The van der Waals surface area contributed by atoms with Crippen molar-refractivity contribution in [3.05, 3.63) is 48.5 Å². The Morgan fingerprint density at radius 2 is 1.59 bits per heavy atom. The minimum Gasteiger partial charge on any atom is -0.339 e. The number of likely N-dealkylation sites (tertiary alicyclic amines) is 1. The third-order valence-corrected chi connectivity index (χ3v) is 5.95. The number of nitrogens with zero attached hydrogens (tertiary/aromatic N) is 2. The van der Waals surface area contributed by atoms with Crippen LogP contribution < -0.4 is 4.90 Å². The van der Waals surface area contributed by atoms with E-state index >= 15 is 0 Å². The van der Waals surface area contributed by atoms with Crippen LogP contribution in [0.2, 0.25) is 0 Å². The highest BCUT2D eigenvalue weighted by Gasteiger charge is 2.36. The van der Waals surface area contributed by atoms with Crippen LogP contribution in [0.3, 0.4) is 0 Å². The van der Waals surface area contributed by atoms with Gasteiger partial charge in [0.15, 0.2) is 0 Å². The summed E-state index contributed by atoms with van der Waals surface area (Å²) in [6.45, 7) is 5.92. The molecule has 1 saturated heterocycles. The summed E-state index contributed by atoms with van der Waals surface area (Å²) in [5.41, 5.74) is 3.08. The summed E-state index contributed by atoms with van der Waals surface area (Å²) < 4.78 is 0. The molecule has 0 bridgehead atoms. The van der Waals surface area contributed by atoms with Crippen molar-refractivity contribution >= 4 is 23.1 Å². The number of hydrogen-bond acceptors (Lipinski definition) is 3. The van der Waals surface area contributed by atoms with Crippen molar-refractivity contribution in [2.24, 2.45) is 5.41 Å². The zero-order valence-corrected chi connectivity index (χ0v) is 14.1. The second-order valence-corrected chi connectivity index (χ2v) is 8.01. The van der Waals surface area contributed by atoms with E-state index in [1.807, 2.05) is 11.8 Å². The molecule has 4 rings (SSSR count). The van der Waals surface area contributed by atoms with Gasteiger partial charge in [-0.1, -0.05) is 43.0 Å². The lowest BCUT2D eigenvalue weighted by atomic mass is 9.88. The van der Waals surface area contributed by atoms with E-state index in [9.17, 15) is 0 Å². The second-order valence-electron chi connectivity index (χ2n) is 6.92. The monoisotopic (exact) mass is 310 g/mol. The average Bonchev–Trinajstić information content (AvgIpc) is 2.86. The Hall–Kier alpha value is -1.45. The first kappa shape index (κ1) is 14.2. The molecule has 2 nitrogen and oxygen atoms in total. The molecule has 0 radical (unpaired) electrons. The number of fused-ring (bicyclic) bond motifs is 2. The van der Waals surface area contributed by atoms with Crippen LogP contribution in [-0.2, 0) is 0 Å². The smallest absolute Gasteiger partial charge is 0.0553 e. The lowest BCUT2D eigenvalue weighted by Gasteiger charge is -2.38. The van der Waals surface area contributed by atoms with Gasteiger partial charge >= 0.3 is 0 Å². The fourth-order valence-corrected chi connectivity index (χ4v) is 4.83. The van der Waals surface area contributed by atoms with E-state index < -0.39 is 0 Å². The summed E-state index contributed by atoms with van der Waals surface area (Å²) in [5, 5.41) is 0. The van der Waals surface area contributed by atoms with Gasteiger partial charge in [-0.05, 0) is 49.7 Å². The van der Waals surface area contributed by atoms with Crippen LogP contribution in [0, 0.1) is 5.41 Å². The standard InChI is InChI=1S/C19H22N2S/c1-19(11-12-20(2)13-19)14-21-15-7-3-5-9-17(15)22-18-10-6-4-8-16(18)21/h3-10H,11-14H2,1-2H3/t19-/m0/s1. The molecule has 2 aliphatic heterocycles. The Labute approximate surface area is 137 Å². The maximum absolute atomic E-state index is 2.54. The van der Waals surface area contributed by atoms with Crippen molar-refractivity contribution in [2.45, 2.75) is 23.1 Å². The van der Waals surface area contributed by atoms with E-state index in [-0.39, 0.29) is 0 Å². The zero-order valence-electron chi connectivity index (χ0n) is 13.2. The summed E-state index contributed by atoms with van der Waals surface area (Å²) in [7, 11) is 2.24. The van der Waals surface area contributed by atoms with Gasteiger partial charge in [-0.25, -0.2) is 0 Å². The highest BCUT2D eigenvalue weighted by atomic mass is 32.2. The van der Waals surface area contributed by atoms with E-state index in [2.05, 4.69) is 72.3 Å². The molecule has 2 aromatic carbocycles. The number of anilines is 2. The maximum atomic E-state index is 2.54. The maximum Gasteiger partial charge on any atom is 0.0553 e. The lowest BCUT2D eigenvalue weighted by Crippen LogP contribution is -2.36. The van der Waals surface area contributed by atoms with Crippen molar-refractivity contribution in [3.8, 4) is 0 Å². The third kappa shape index (κ3) is 2.42. The van der Waals surface area contributed by atoms with Crippen molar-refractivity contribution < 1.29 is 0 Å². The van der Waals surface area contributed by atoms with Crippen LogP contribution >= 0.6 is 11.8 Å². The molecular weight excluding hydrogens is 288 g/mol. The minimum absolute atomic E-state index is 0.358. The van der Waals surface area contributed by atoms with E-state index in [4.69, 9.17) is 0 Å². The molecule has 2 heterocycles. The fraction of sp³-hybridized carbons (Fsp3) is 0.368. The van der Waals surface area contributed by atoms with Gasteiger partial charge in [0.1, 0.15) is 0 Å². The first-order valence-corrected chi connectivity index (χ1v) is 8.78. The minimum atomic E-state index is 0.358. The van der Waals surface area contributed by atoms with Crippen LogP contribution in [-0.4, -0.2) is 31.6 Å². The average molecular weight is 310 g/mol. The largest absolute Gasteiger partial charge is 0.339 e. The Morgan fingerprint density at radius 1 is 1.00 bits per heavy atom. The Balaban J connectivity index is 1.75. The van der Waals surface area contributed by atoms with Gasteiger partial charge in [0, 0.05) is 22.9 Å². The molecule has 1 atom stereocenters. The fourth-order valence-electron chi connectivity index (χ4n) is 3.73. The summed E-state index contributed by atoms with van der Waals surface area (Å²) >= 11 is 1.89. The summed E-state index contributed by atoms with van der Waals surface area (Å²) in [4.78, 5) is 7.74. The first-order valence-electron chi connectivity index (χ1n) is 7.97. The van der Waals surface area contributed by atoms with Gasteiger partial charge in [0.25, 0.3) is 0 Å². The van der Waals surface area contributed by atoms with E-state index in [0.29, 0.717) is 5.41 Å². The molecule has 0 aliphatic carbocycles. The van der Waals surface area contributed by atoms with Crippen molar-refractivity contribution in [2.75, 3.05) is 31.6 Å². The molecule has 1 fully saturated rings. The van der Waals surface area contributed by atoms with Crippen molar-refractivity contribution in [1.29, 1.82) is 0 Å². The molecule has 2 aliphatic rings.